The number of carbonyl (C=O) groups is 1. The molecule has 12 nitrogen and oxygen atoms in total. The number of rotatable bonds is 8. The van der Waals surface area contributed by atoms with Gasteiger partial charge in [0.1, 0.15) is 11.3 Å². The molecule has 0 unspecified atom stereocenters. The number of pyridine rings is 1. The van der Waals surface area contributed by atoms with Gasteiger partial charge in [0, 0.05) is 24.7 Å². The van der Waals surface area contributed by atoms with Crippen LogP contribution in [-0.4, -0.2) is 57.9 Å². The van der Waals surface area contributed by atoms with Crippen LogP contribution in [0.25, 0.3) is 28.1 Å². The molecule has 7 rings (SSSR count). The Balaban J connectivity index is 1.27. The van der Waals surface area contributed by atoms with Crippen LogP contribution in [0.4, 0.5) is 17.2 Å². The minimum absolute atomic E-state index is 0.189. The first-order valence-electron chi connectivity index (χ1n) is 12.9. The zero-order valence-electron chi connectivity index (χ0n) is 21.8. The highest BCUT2D eigenvalue weighted by atomic mass is 32.2. The normalized spacial score (nSPS) is 15.1. The van der Waals surface area contributed by atoms with Gasteiger partial charge in [-0.3, -0.25) is 13.9 Å². The van der Waals surface area contributed by atoms with Gasteiger partial charge in [0.2, 0.25) is 15.7 Å². The van der Waals surface area contributed by atoms with Crippen molar-refractivity contribution >= 4 is 50.0 Å². The number of hydrogen-bond acceptors (Lipinski definition) is 9. The highest BCUT2D eigenvalue weighted by molar-refractivity contribution is 7.93. The standard InChI is InChI=1S/C27H26N8O4S/c1-34(2)14-20-18(33-40(37,38)15-3-4-15)7-8-23(32-20)31-19-6-5-16(17-11-29-26(36)25(17)19)22-12-28-24-13-30-27-21(35(22)24)9-10-39-27/h5-10,12-13,15,33H,3-4,11,14H2,1-2H3,(H,29,36)(H,31,32). The molecule has 1 aliphatic carbocycles. The molecule has 13 heteroatoms. The summed E-state index contributed by atoms with van der Waals surface area (Å²) >= 11 is 0. The Labute approximate surface area is 229 Å². The van der Waals surface area contributed by atoms with E-state index >= 15 is 0 Å². The maximum absolute atomic E-state index is 13.0. The third kappa shape index (κ3) is 4.14. The summed E-state index contributed by atoms with van der Waals surface area (Å²) in [6, 6.07) is 9.07. The van der Waals surface area contributed by atoms with Crippen LogP contribution in [0.5, 0.6) is 0 Å². The van der Waals surface area contributed by atoms with Crippen molar-refractivity contribution in [3.63, 3.8) is 0 Å². The van der Waals surface area contributed by atoms with E-state index in [1.807, 2.05) is 41.6 Å². The summed E-state index contributed by atoms with van der Waals surface area (Å²) in [4.78, 5) is 28.5. The van der Waals surface area contributed by atoms with E-state index < -0.39 is 10.0 Å². The Hall–Kier alpha value is -4.49. The van der Waals surface area contributed by atoms with Crippen LogP contribution in [0.1, 0.15) is 34.5 Å². The van der Waals surface area contributed by atoms with Gasteiger partial charge in [0.25, 0.3) is 5.91 Å². The van der Waals surface area contributed by atoms with Crippen LogP contribution >= 0.6 is 0 Å². The zero-order valence-corrected chi connectivity index (χ0v) is 22.6. The van der Waals surface area contributed by atoms with Crippen LogP contribution in [0.3, 0.4) is 0 Å². The molecule has 0 saturated heterocycles. The van der Waals surface area contributed by atoms with Gasteiger partial charge in [-0.1, -0.05) is 6.07 Å². The molecule has 40 heavy (non-hydrogen) atoms. The monoisotopic (exact) mass is 558 g/mol. The molecule has 0 spiro atoms. The number of furan rings is 1. The van der Waals surface area contributed by atoms with Gasteiger partial charge in [0.05, 0.1) is 52.2 Å². The number of nitrogens with zero attached hydrogens (tertiary/aromatic N) is 5. The Bertz CT molecular complexity index is 1920. The Morgan fingerprint density at radius 3 is 2.73 bits per heavy atom. The van der Waals surface area contributed by atoms with Crippen molar-refractivity contribution in [1.29, 1.82) is 0 Å². The maximum Gasteiger partial charge on any atom is 0.254 e. The van der Waals surface area contributed by atoms with Crippen LogP contribution < -0.4 is 15.4 Å². The molecular formula is C27H26N8O4S. The number of fused-ring (bicyclic) bond motifs is 4. The molecule has 0 radical (unpaired) electrons. The van der Waals surface area contributed by atoms with Crippen LogP contribution in [0.15, 0.2) is 53.4 Å². The molecule has 1 saturated carbocycles. The van der Waals surface area contributed by atoms with Gasteiger partial charge in [-0.05, 0) is 50.7 Å². The van der Waals surface area contributed by atoms with Gasteiger partial charge in [0.15, 0.2) is 5.65 Å². The molecule has 4 aromatic heterocycles. The lowest BCUT2D eigenvalue weighted by Gasteiger charge is -2.17. The fraction of sp³-hybridized carbons (Fsp3) is 0.259. The molecule has 0 bridgehead atoms. The van der Waals surface area contributed by atoms with Crippen LogP contribution in [0.2, 0.25) is 0 Å². The SMILES string of the molecule is CN(C)Cc1nc(Nc2ccc(-c3cnc4cnc5occc5n34)c3c2C(=O)NC3)ccc1NS(=O)(=O)C1CC1. The molecule has 2 aliphatic rings. The lowest BCUT2D eigenvalue weighted by molar-refractivity contribution is 0.0966. The smallest absolute Gasteiger partial charge is 0.254 e. The van der Waals surface area contributed by atoms with Gasteiger partial charge in [-0.25, -0.2) is 23.4 Å². The minimum Gasteiger partial charge on any atom is -0.445 e. The van der Waals surface area contributed by atoms with E-state index in [1.165, 1.54) is 0 Å². The van der Waals surface area contributed by atoms with Crippen molar-refractivity contribution in [1.82, 2.24) is 29.6 Å². The fourth-order valence-electron chi connectivity index (χ4n) is 5.11. The van der Waals surface area contributed by atoms with Gasteiger partial charge in [-0.2, -0.15) is 0 Å². The van der Waals surface area contributed by atoms with Gasteiger partial charge >= 0.3 is 0 Å². The summed E-state index contributed by atoms with van der Waals surface area (Å²) in [5.74, 6) is 0.312. The topological polar surface area (TPSA) is 147 Å². The zero-order chi connectivity index (χ0) is 27.6. The van der Waals surface area contributed by atoms with Crippen LogP contribution in [-0.2, 0) is 23.1 Å². The highest BCUT2D eigenvalue weighted by Crippen LogP contribution is 2.37. The largest absolute Gasteiger partial charge is 0.445 e. The Kier molecular flexibility index (Phi) is 5.54. The van der Waals surface area contributed by atoms with Crippen molar-refractivity contribution in [2.75, 3.05) is 24.1 Å². The van der Waals surface area contributed by atoms with E-state index in [9.17, 15) is 13.2 Å². The van der Waals surface area contributed by atoms with Crippen molar-refractivity contribution < 1.29 is 17.6 Å². The van der Waals surface area contributed by atoms with E-state index in [-0.39, 0.29) is 11.2 Å². The summed E-state index contributed by atoms with van der Waals surface area (Å²) in [6.45, 7) is 0.800. The number of imidazole rings is 1. The molecule has 0 atom stereocenters. The summed E-state index contributed by atoms with van der Waals surface area (Å²) in [5, 5.41) is 5.89. The first-order chi connectivity index (χ1) is 19.3. The van der Waals surface area contributed by atoms with Crippen molar-refractivity contribution in [3.8, 4) is 11.3 Å². The van der Waals surface area contributed by atoms with Crippen molar-refractivity contribution in [2.45, 2.75) is 31.2 Å². The van der Waals surface area contributed by atoms with E-state index in [0.717, 1.165) is 22.3 Å². The first kappa shape index (κ1) is 24.5. The quantitative estimate of drug-likeness (QED) is 0.260. The molecule has 3 N–H and O–H groups in total. The molecule has 1 amide bonds. The number of carbonyl (C=O) groups excluding carboxylic acids is 1. The number of benzene rings is 1. The van der Waals surface area contributed by atoms with Gasteiger partial charge < -0.3 is 20.0 Å². The molecular weight excluding hydrogens is 532 g/mol. The van der Waals surface area contributed by atoms with E-state index in [0.29, 0.717) is 65.7 Å². The second-order valence-electron chi connectivity index (χ2n) is 10.3. The predicted octanol–water partition coefficient (Wildman–Crippen LogP) is 3.49. The summed E-state index contributed by atoms with van der Waals surface area (Å²) in [5.41, 5.74) is 6.66. The summed E-state index contributed by atoms with van der Waals surface area (Å²) in [6.07, 6.45) is 6.36. The number of amides is 1. The number of anilines is 3. The molecule has 5 heterocycles. The Morgan fingerprint density at radius 2 is 1.93 bits per heavy atom. The molecule has 1 aliphatic heterocycles. The van der Waals surface area contributed by atoms with Gasteiger partial charge in [-0.15, -0.1) is 0 Å². The minimum atomic E-state index is -3.44. The van der Waals surface area contributed by atoms with E-state index in [1.54, 1.807) is 30.8 Å². The van der Waals surface area contributed by atoms with Crippen LogP contribution in [0, 0.1) is 0 Å². The lowest BCUT2D eigenvalue weighted by Crippen LogP contribution is -2.21. The van der Waals surface area contributed by atoms with E-state index in [2.05, 4.69) is 25.3 Å². The third-order valence-corrected chi connectivity index (χ3v) is 8.97. The third-order valence-electron chi connectivity index (χ3n) is 7.11. The fourth-order valence-corrected chi connectivity index (χ4v) is 6.52. The number of sulfonamides is 1. The second kappa shape index (κ2) is 9.03. The Morgan fingerprint density at radius 1 is 1.10 bits per heavy atom. The number of aromatic nitrogens is 4. The number of hydrogen-bond donors (Lipinski definition) is 3. The highest BCUT2D eigenvalue weighted by Gasteiger charge is 2.36. The summed E-state index contributed by atoms with van der Waals surface area (Å²) in [7, 11) is 0.350. The lowest BCUT2D eigenvalue weighted by atomic mass is 9.99. The first-order valence-corrected chi connectivity index (χ1v) is 14.4. The maximum atomic E-state index is 13.0. The molecule has 1 aromatic carbocycles. The molecule has 5 aromatic rings. The van der Waals surface area contributed by atoms with Crippen molar-refractivity contribution in [2.24, 2.45) is 0 Å². The average molecular weight is 559 g/mol. The molecule has 204 valence electrons. The average Bonchev–Trinajstić information content (AvgIpc) is 3.34. The number of nitrogens with one attached hydrogen (secondary N) is 3. The second-order valence-corrected chi connectivity index (χ2v) is 12.3. The van der Waals surface area contributed by atoms with E-state index in [4.69, 9.17) is 9.40 Å². The van der Waals surface area contributed by atoms with Crippen molar-refractivity contribution in [3.05, 3.63) is 65.8 Å². The molecule has 1 fully saturated rings. The summed E-state index contributed by atoms with van der Waals surface area (Å²) < 4.78 is 35.3. The predicted molar refractivity (Wildman–Crippen MR) is 150 cm³/mol.